The van der Waals surface area contributed by atoms with Gasteiger partial charge in [-0.05, 0) is 46.0 Å². The van der Waals surface area contributed by atoms with E-state index in [0.29, 0.717) is 11.1 Å². The molecule has 0 atom stereocenters. The van der Waals surface area contributed by atoms with Crippen LogP contribution in [0.25, 0.3) is 0 Å². The molecule has 0 aliphatic rings. The predicted molar refractivity (Wildman–Crippen MR) is 97.9 cm³/mol. The summed E-state index contributed by atoms with van der Waals surface area (Å²) in [6.45, 7) is 6.20. The summed E-state index contributed by atoms with van der Waals surface area (Å²) < 4.78 is 2.24. The lowest BCUT2D eigenvalue weighted by molar-refractivity contribution is 0.0817. The van der Waals surface area contributed by atoms with Crippen LogP contribution in [0, 0.1) is 0 Å². The zero-order valence-corrected chi connectivity index (χ0v) is 14.8. The first kappa shape index (κ1) is 17.8. The van der Waals surface area contributed by atoms with Crippen LogP contribution in [0.2, 0.25) is 0 Å². The molecule has 0 fully saturated rings. The largest absolute Gasteiger partial charge is 0.285 e. The fraction of sp³-hybridized carbons (Fsp3) is 0.222. The maximum atomic E-state index is 12.2. The molecule has 120 valence electrons. The summed E-state index contributed by atoms with van der Waals surface area (Å²) in [5.74, 6) is -0.937. The van der Waals surface area contributed by atoms with Crippen LogP contribution in [0.5, 0.6) is 0 Å². The van der Waals surface area contributed by atoms with Gasteiger partial charge in [0.1, 0.15) is 0 Å². The van der Waals surface area contributed by atoms with Gasteiger partial charge in [-0.2, -0.15) is 0 Å². The van der Waals surface area contributed by atoms with E-state index in [0.717, 1.165) is 18.0 Å². The van der Waals surface area contributed by atoms with Crippen molar-refractivity contribution in [3.8, 4) is 0 Å². The number of hydrogen-bond donors (Lipinski definition) is 0. The number of nitrogens with zero attached hydrogens (tertiary/aromatic N) is 1. The molecule has 0 N–H and O–H groups in total. The quantitative estimate of drug-likeness (QED) is 0.299. The third-order valence-corrected chi connectivity index (χ3v) is 6.00. The van der Waals surface area contributed by atoms with E-state index in [2.05, 4.69) is 18.2 Å². The monoisotopic (exact) mass is 345 g/mol. The van der Waals surface area contributed by atoms with Gasteiger partial charge < -0.3 is 0 Å². The molecule has 23 heavy (non-hydrogen) atoms. The second-order valence-electron chi connectivity index (χ2n) is 4.82. The second kappa shape index (κ2) is 8.91. The Morgan fingerprint density at radius 2 is 1.35 bits per heavy atom. The predicted octanol–water partition coefficient (Wildman–Crippen LogP) is 4.75. The third kappa shape index (κ3) is 4.96. The molecule has 5 heteroatoms. The number of hydrogen-bond acceptors (Lipinski definition) is 5. The van der Waals surface area contributed by atoms with Crippen molar-refractivity contribution in [3.05, 3.63) is 65.7 Å². The highest BCUT2D eigenvalue weighted by Crippen LogP contribution is 2.33. The van der Waals surface area contributed by atoms with Crippen LogP contribution < -0.4 is 0 Å². The fourth-order valence-corrected chi connectivity index (χ4v) is 4.13. The zero-order valence-electron chi connectivity index (χ0n) is 13.2. The molecule has 0 aliphatic carbocycles. The third-order valence-electron chi connectivity index (χ3n) is 3.30. The maximum Gasteiger partial charge on any atom is 0.233 e. The second-order valence-corrected chi connectivity index (χ2v) is 7.07. The average Bonchev–Trinajstić information content (AvgIpc) is 2.62. The molecule has 0 unspecified atom stereocenters. The van der Waals surface area contributed by atoms with Gasteiger partial charge in [-0.3, -0.25) is 9.59 Å². The maximum absolute atomic E-state index is 12.2. The van der Waals surface area contributed by atoms with Crippen molar-refractivity contribution in [2.75, 3.05) is 13.1 Å². The zero-order chi connectivity index (χ0) is 16.7. The number of carbonyl (C=O) groups excluding carboxylic acids is 2. The highest BCUT2D eigenvalue weighted by atomic mass is 33.1. The molecular formula is C18H19NO2S2. The molecule has 0 saturated heterocycles. The topological polar surface area (TPSA) is 37.4 Å². The Balaban J connectivity index is 2.01. The Kier molecular flexibility index (Phi) is 6.89. The molecule has 0 saturated carbocycles. The Hall–Kier alpha value is -1.56. The number of benzene rings is 2. The summed E-state index contributed by atoms with van der Waals surface area (Å²) in [6.07, 6.45) is 0. The summed E-state index contributed by atoms with van der Waals surface area (Å²) in [6, 6.07) is 15.8. The lowest BCUT2D eigenvalue weighted by Gasteiger charge is -2.15. The molecule has 2 rings (SSSR count). The van der Waals surface area contributed by atoms with Gasteiger partial charge in [0.25, 0.3) is 0 Å². The van der Waals surface area contributed by atoms with Crippen molar-refractivity contribution in [2.45, 2.75) is 18.7 Å². The van der Waals surface area contributed by atoms with Crippen LogP contribution in [-0.2, 0) is 0 Å². The molecule has 0 aliphatic heterocycles. The van der Waals surface area contributed by atoms with E-state index in [-0.39, 0.29) is 0 Å². The Morgan fingerprint density at radius 1 is 0.826 bits per heavy atom. The summed E-state index contributed by atoms with van der Waals surface area (Å²) in [5, 5.41) is 0. The van der Waals surface area contributed by atoms with Crippen molar-refractivity contribution < 1.29 is 9.59 Å². The lowest BCUT2D eigenvalue weighted by atomic mass is 10.0. The molecular weight excluding hydrogens is 326 g/mol. The molecule has 0 heterocycles. The van der Waals surface area contributed by atoms with Crippen molar-refractivity contribution in [1.29, 1.82) is 0 Å². The number of ketones is 2. The first-order chi connectivity index (χ1) is 11.2. The minimum absolute atomic E-state index is 0.424. The minimum Gasteiger partial charge on any atom is -0.285 e. The summed E-state index contributed by atoms with van der Waals surface area (Å²) in [4.78, 5) is 25.5. The van der Waals surface area contributed by atoms with Crippen LogP contribution in [0.15, 0.2) is 59.5 Å². The molecule has 2 aromatic carbocycles. The van der Waals surface area contributed by atoms with Crippen molar-refractivity contribution in [2.24, 2.45) is 0 Å². The van der Waals surface area contributed by atoms with Crippen LogP contribution in [0.1, 0.15) is 34.6 Å². The van der Waals surface area contributed by atoms with Crippen molar-refractivity contribution in [3.63, 3.8) is 0 Å². The van der Waals surface area contributed by atoms with E-state index < -0.39 is 11.6 Å². The van der Waals surface area contributed by atoms with E-state index in [9.17, 15) is 9.59 Å². The molecule has 0 bridgehead atoms. The molecule has 0 radical (unpaired) electrons. The summed E-state index contributed by atoms with van der Waals surface area (Å²) in [7, 11) is 3.34. The van der Waals surface area contributed by atoms with Crippen LogP contribution in [-0.4, -0.2) is 29.0 Å². The Bertz CT molecular complexity index is 652. The van der Waals surface area contributed by atoms with Crippen LogP contribution in [0.4, 0.5) is 0 Å². The number of rotatable bonds is 8. The van der Waals surface area contributed by atoms with Gasteiger partial charge in [-0.1, -0.05) is 44.2 Å². The van der Waals surface area contributed by atoms with Gasteiger partial charge in [-0.15, -0.1) is 0 Å². The molecule has 0 spiro atoms. The van der Waals surface area contributed by atoms with Gasteiger partial charge in [0.2, 0.25) is 11.6 Å². The summed E-state index contributed by atoms with van der Waals surface area (Å²) in [5.41, 5.74) is 0.851. The Morgan fingerprint density at radius 3 is 1.87 bits per heavy atom. The van der Waals surface area contributed by atoms with Gasteiger partial charge in [0, 0.05) is 29.1 Å². The highest BCUT2D eigenvalue weighted by Gasteiger charge is 2.17. The van der Waals surface area contributed by atoms with Gasteiger partial charge in [0.05, 0.1) is 0 Å². The average molecular weight is 345 g/mol. The number of carbonyl (C=O) groups is 2. The van der Waals surface area contributed by atoms with Gasteiger partial charge in [0.15, 0.2) is 0 Å². The summed E-state index contributed by atoms with van der Waals surface area (Å²) >= 11 is 0. The normalized spacial score (nSPS) is 10.7. The van der Waals surface area contributed by atoms with Crippen LogP contribution >= 0.6 is 21.8 Å². The highest BCUT2D eigenvalue weighted by molar-refractivity contribution is 8.75. The van der Waals surface area contributed by atoms with Gasteiger partial charge >= 0.3 is 0 Å². The van der Waals surface area contributed by atoms with E-state index in [4.69, 9.17) is 0 Å². The first-order valence-corrected chi connectivity index (χ1v) is 9.60. The lowest BCUT2D eigenvalue weighted by Crippen LogP contribution is -2.14. The Labute approximate surface area is 145 Å². The fourth-order valence-electron chi connectivity index (χ4n) is 1.94. The van der Waals surface area contributed by atoms with E-state index in [1.807, 2.05) is 18.2 Å². The van der Waals surface area contributed by atoms with Crippen molar-refractivity contribution in [1.82, 2.24) is 4.31 Å². The molecule has 2 aromatic rings. The van der Waals surface area contributed by atoms with E-state index in [1.54, 1.807) is 58.2 Å². The number of Topliss-reactive ketones (excluding diaryl/α,β-unsaturated/α-hetero) is 2. The van der Waals surface area contributed by atoms with Crippen LogP contribution in [0.3, 0.4) is 0 Å². The van der Waals surface area contributed by atoms with Gasteiger partial charge in [-0.25, -0.2) is 4.31 Å². The molecule has 0 aromatic heterocycles. The van der Waals surface area contributed by atoms with E-state index in [1.165, 1.54) is 0 Å². The standard InChI is InChI=1S/C18H19NO2S2/c1-3-19(4-2)23-22-16-12-10-15(11-13-16)18(21)17(20)14-8-6-5-7-9-14/h5-13H,3-4H2,1-2H3. The smallest absolute Gasteiger partial charge is 0.233 e. The minimum atomic E-state index is -0.469. The SMILES string of the molecule is CCN(CC)SSc1ccc(C(=O)C(=O)c2ccccc2)cc1. The van der Waals surface area contributed by atoms with Crippen molar-refractivity contribution >= 4 is 33.3 Å². The van der Waals surface area contributed by atoms with E-state index >= 15 is 0 Å². The first-order valence-electron chi connectivity index (χ1n) is 7.49. The molecule has 0 amide bonds. The molecule has 3 nitrogen and oxygen atoms in total.